The van der Waals surface area contributed by atoms with Crippen molar-refractivity contribution in [2.45, 2.75) is 6.73 Å². The van der Waals surface area contributed by atoms with E-state index in [1.807, 2.05) is 35.0 Å². The van der Waals surface area contributed by atoms with Crippen LogP contribution in [0.3, 0.4) is 0 Å². The first kappa shape index (κ1) is 8.60. The third-order valence-corrected chi connectivity index (χ3v) is 2.31. The Morgan fingerprint density at radius 3 is 2.92 bits per heavy atom. The Balaban J connectivity index is 2.63. The van der Waals surface area contributed by atoms with Crippen LogP contribution >= 0.6 is 11.6 Å². The van der Waals surface area contributed by atoms with Crippen molar-refractivity contribution in [2.24, 2.45) is 0 Å². The van der Waals surface area contributed by atoms with Crippen molar-refractivity contribution in [1.29, 1.82) is 0 Å². The second kappa shape index (κ2) is 3.40. The summed E-state index contributed by atoms with van der Waals surface area (Å²) in [6.45, 7) is 0.535. The highest BCUT2D eigenvalue weighted by molar-refractivity contribution is 6.35. The molecule has 0 N–H and O–H groups in total. The highest BCUT2D eigenvalue weighted by Crippen LogP contribution is 2.25. The Morgan fingerprint density at radius 1 is 1.38 bits per heavy atom. The number of fused-ring (bicyclic) bond motifs is 1. The summed E-state index contributed by atoms with van der Waals surface area (Å²) in [6, 6.07) is 8.00. The quantitative estimate of drug-likeness (QED) is 0.719. The third-order valence-electron chi connectivity index (χ3n) is 2.01. The Morgan fingerprint density at radius 2 is 2.15 bits per heavy atom. The van der Waals surface area contributed by atoms with E-state index in [0.717, 1.165) is 15.9 Å². The van der Waals surface area contributed by atoms with Gasteiger partial charge in [0.2, 0.25) is 0 Å². The number of halogens is 1. The van der Waals surface area contributed by atoms with E-state index in [1.54, 1.807) is 7.11 Å². The Labute approximate surface area is 81.7 Å². The van der Waals surface area contributed by atoms with E-state index in [1.165, 1.54) is 0 Å². The van der Waals surface area contributed by atoms with Crippen molar-refractivity contribution in [2.75, 3.05) is 7.11 Å². The second-order valence-electron chi connectivity index (χ2n) is 2.88. The maximum Gasteiger partial charge on any atom is 0.122 e. The summed E-state index contributed by atoms with van der Waals surface area (Å²) >= 11 is 6.04. The number of nitrogens with zero attached hydrogens (tertiary/aromatic N) is 1. The van der Waals surface area contributed by atoms with Crippen molar-refractivity contribution in [3.8, 4) is 0 Å². The Kier molecular flexibility index (Phi) is 2.25. The van der Waals surface area contributed by atoms with Gasteiger partial charge < -0.3 is 9.30 Å². The van der Waals surface area contributed by atoms with E-state index in [-0.39, 0.29) is 0 Å². The first-order valence-corrected chi connectivity index (χ1v) is 4.43. The summed E-state index contributed by atoms with van der Waals surface area (Å²) in [6.07, 6.45) is 1.88. The lowest BCUT2D eigenvalue weighted by atomic mass is 10.2. The van der Waals surface area contributed by atoms with Gasteiger partial charge in [0.05, 0.1) is 10.5 Å². The monoisotopic (exact) mass is 195 g/mol. The highest BCUT2D eigenvalue weighted by Gasteiger charge is 2.04. The first-order valence-electron chi connectivity index (χ1n) is 4.05. The fraction of sp³-hybridized carbons (Fsp3) is 0.200. The van der Waals surface area contributed by atoms with Gasteiger partial charge in [0.25, 0.3) is 0 Å². The van der Waals surface area contributed by atoms with Crippen LogP contribution in [0.15, 0.2) is 30.5 Å². The van der Waals surface area contributed by atoms with Crippen molar-refractivity contribution >= 4 is 22.5 Å². The number of hydrogen-bond acceptors (Lipinski definition) is 1. The molecule has 0 aliphatic heterocycles. The van der Waals surface area contributed by atoms with Crippen LogP contribution in [0.4, 0.5) is 0 Å². The molecule has 0 aliphatic carbocycles. The minimum absolute atomic E-state index is 0.535. The van der Waals surface area contributed by atoms with Crippen molar-refractivity contribution in [3.63, 3.8) is 0 Å². The number of ether oxygens (including phenoxy) is 1. The topological polar surface area (TPSA) is 14.2 Å². The van der Waals surface area contributed by atoms with Crippen LogP contribution in [0.2, 0.25) is 5.02 Å². The fourth-order valence-electron chi connectivity index (χ4n) is 1.45. The van der Waals surface area contributed by atoms with Gasteiger partial charge in [-0.2, -0.15) is 0 Å². The molecule has 3 heteroatoms. The average molecular weight is 196 g/mol. The summed E-state index contributed by atoms with van der Waals surface area (Å²) < 4.78 is 7.04. The van der Waals surface area contributed by atoms with E-state index in [9.17, 15) is 0 Å². The molecule has 1 aromatic heterocycles. The van der Waals surface area contributed by atoms with Gasteiger partial charge in [-0.05, 0) is 6.07 Å². The van der Waals surface area contributed by atoms with Crippen LogP contribution in [0, 0.1) is 0 Å². The number of rotatable bonds is 2. The van der Waals surface area contributed by atoms with Crippen LogP contribution in [-0.4, -0.2) is 11.7 Å². The maximum atomic E-state index is 6.04. The minimum atomic E-state index is 0.535. The van der Waals surface area contributed by atoms with Gasteiger partial charge in [0, 0.05) is 18.7 Å². The summed E-state index contributed by atoms with van der Waals surface area (Å²) in [5.41, 5.74) is 1.11. The third kappa shape index (κ3) is 1.43. The van der Waals surface area contributed by atoms with E-state index < -0.39 is 0 Å². The van der Waals surface area contributed by atoms with Gasteiger partial charge >= 0.3 is 0 Å². The molecule has 0 amide bonds. The second-order valence-corrected chi connectivity index (χ2v) is 3.29. The molecular weight excluding hydrogens is 186 g/mol. The summed E-state index contributed by atoms with van der Waals surface area (Å²) in [7, 11) is 1.67. The molecule has 0 unspecified atom stereocenters. The predicted octanol–water partition coefficient (Wildman–Crippen LogP) is 2.90. The molecule has 2 nitrogen and oxygen atoms in total. The van der Waals surface area contributed by atoms with Gasteiger partial charge in [0.15, 0.2) is 0 Å². The average Bonchev–Trinajstić information content (AvgIpc) is 2.46. The molecule has 0 saturated heterocycles. The fourth-order valence-corrected chi connectivity index (χ4v) is 1.73. The van der Waals surface area contributed by atoms with E-state index in [2.05, 4.69) is 0 Å². The number of para-hydroxylation sites is 1. The van der Waals surface area contributed by atoms with Gasteiger partial charge in [-0.15, -0.1) is 0 Å². The summed E-state index contributed by atoms with van der Waals surface area (Å²) in [5, 5.41) is 1.84. The lowest BCUT2D eigenvalue weighted by Gasteiger charge is -2.01. The van der Waals surface area contributed by atoms with Crippen molar-refractivity contribution < 1.29 is 4.74 Å². The molecule has 0 saturated carbocycles. The van der Waals surface area contributed by atoms with Crippen LogP contribution < -0.4 is 0 Å². The zero-order valence-electron chi connectivity index (χ0n) is 7.33. The number of methoxy groups -OCH3 is 1. The number of benzene rings is 1. The molecular formula is C10H10ClNO. The van der Waals surface area contributed by atoms with E-state index >= 15 is 0 Å². The molecule has 0 fully saturated rings. The Hall–Kier alpha value is -0.990. The van der Waals surface area contributed by atoms with Crippen LogP contribution in [-0.2, 0) is 11.5 Å². The maximum absolute atomic E-state index is 6.04. The zero-order valence-corrected chi connectivity index (χ0v) is 8.08. The Bertz CT molecular complexity index is 422. The molecule has 1 heterocycles. The number of aromatic nitrogens is 1. The summed E-state index contributed by atoms with van der Waals surface area (Å²) in [5.74, 6) is 0. The number of hydrogen-bond donors (Lipinski definition) is 0. The summed E-state index contributed by atoms with van der Waals surface area (Å²) in [4.78, 5) is 0. The zero-order chi connectivity index (χ0) is 9.26. The van der Waals surface area contributed by atoms with Crippen molar-refractivity contribution in [1.82, 2.24) is 4.57 Å². The van der Waals surface area contributed by atoms with Crippen molar-refractivity contribution in [3.05, 3.63) is 35.5 Å². The van der Waals surface area contributed by atoms with Crippen LogP contribution in [0.1, 0.15) is 0 Å². The molecule has 68 valence electrons. The smallest absolute Gasteiger partial charge is 0.122 e. The first-order chi connectivity index (χ1) is 6.33. The molecule has 0 radical (unpaired) electrons. The normalized spacial score (nSPS) is 10.9. The van der Waals surface area contributed by atoms with Gasteiger partial charge in [0.1, 0.15) is 6.73 Å². The SMILES string of the molecule is COCn1cc(Cl)c2ccccc21. The molecule has 2 rings (SSSR count). The molecule has 0 atom stereocenters. The predicted molar refractivity (Wildman–Crippen MR) is 54.0 cm³/mol. The van der Waals surface area contributed by atoms with E-state index in [0.29, 0.717) is 6.73 Å². The lowest BCUT2D eigenvalue weighted by molar-refractivity contribution is 0.135. The van der Waals surface area contributed by atoms with Crippen LogP contribution in [0.5, 0.6) is 0 Å². The highest BCUT2D eigenvalue weighted by atomic mass is 35.5. The van der Waals surface area contributed by atoms with Gasteiger partial charge in [-0.3, -0.25) is 0 Å². The molecule has 0 bridgehead atoms. The molecule has 13 heavy (non-hydrogen) atoms. The molecule has 1 aromatic carbocycles. The van der Waals surface area contributed by atoms with E-state index in [4.69, 9.17) is 16.3 Å². The largest absolute Gasteiger partial charge is 0.364 e. The minimum Gasteiger partial charge on any atom is -0.364 e. The molecule has 0 aliphatic rings. The standard InChI is InChI=1S/C10H10ClNO/c1-13-7-12-6-9(11)8-4-2-3-5-10(8)12/h2-6H,7H2,1H3. The molecule has 0 spiro atoms. The van der Waals surface area contributed by atoms with Gasteiger partial charge in [-0.25, -0.2) is 0 Å². The van der Waals surface area contributed by atoms with Gasteiger partial charge in [-0.1, -0.05) is 29.8 Å². The molecule has 2 aromatic rings. The van der Waals surface area contributed by atoms with Crippen LogP contribution in [0.25, 0.3) is 10.9 Å². The lowest BCUT2D eigenvalue weighted by Crippen LogP contribution is -1.96.